The van der Waals surface area contributed by atoms with E-state index in [1.807, 2.05) is 0 Å². The molecule has 0 bridgehead atoms. The fourth-order valence-electron chi connectivity index (χ4n) is 1.43. The molecule has 1 N–H and O–H groups in total. The van der Waals surface area contributed by atoms with Crippen molar-refractivity contribution in [3.8, 4) is 0 Å². The summed E-state index contributed by atoms with van der Waals surface area (Å²) < 4.78 is 0. The minimum absolute atomic E-state index is 0.419. The first-order chi connectivity index (χ1) is 4.97. The van der Waals surface area contributed by atoms with E-state index >= 15 is 0 Å². The molecule has 1 atom stereocenters. The Labute approximate surface area is 61.0 Å². The van der Waals surface area contributed by atoms with Gasteiger partial charge in [-0.2, -0.15) is 5.43 Å². The molecule has 0 aromatic carbocycles. The maximum atomic E-state index is 4.08. The van der Waals surface area contributed by atoms with Crippen LogP contribution in [0.2, 0.25) is 0 Å². The number of nitrogens with zero attached hydrogens (tertiary/aromatic N) is 1. The van der Waals surface area contributed by atoms with Crippen LogP contribution in [0.1, 0.15) is 12.8 Å². The van der Waals surface area contributed by atoms with E-state index in [1.165, 1.54) is 18.4 Å². The maximum absolute atomic E-state index is 4.08. The number of hydrogen-bond acceptors (Lipinski definition) is 1. The molecule has 2 nitrogen and oxygen atoms in total. The highest BCUT2D eigenvalue weighted by Crippen LogP contribution is 2.18. The molecule has 1 heterocycles. The van der Waals surface area contributed by atoms with Crippen LogP contribution in [0.4, 0.5) is 0 Å². The van der Waals surface area contributed by atoms with E-state index in [9.17, 15) is 0 Å². The second-order valence-corrected chi connectivity index (χ2v) is 2.69. The van der Waals surface area contributed by atoms with E-state index in [-0.39, 0.29) is 0 Å². The van der Waals surface area contributed by atoms with Gasteiger partial charge in [0.1, 0.15) is 0 Å². The molecule has 53 valence electrons. The topological polar surface area (TPSA) is 26.1 Å². The lowest BCUT2D eigenvalue weighted by Crippen LogP contribution is -2.40. The van der Waals surface area contributed by atoms with Gasteiger partial charge in [-0.05, 0) is 12.8 Å². The Morgan fingerprint density at radius 1 is 1.60 bits per heavy atom. The monoisotopic (exact) mass is 135 g/mol. The molecule has 0 aromatic rings. The van der Waals surface area contributed by atoms with Gasteiger partial charge >= 0.3 is 0 Å². The lowest BCUT2D eigenvalue weighted by molar-refractivity contribution is 0.486. The zero-order valence-electron chi connectivity index (χ0n) is 5.88. The van der Waals surface area contributed by atoms with Crippen molar-refractivity contribution >= 4 is 0 Å². The highest BCUT2D eigenvalue weighted by atomic mass is 15.4. The van der Waals surface area contributed by atoms with Crippen molar-refractivity contribution in [3.63, 3.8) is 0 Å². The van der Waals surface area contributed by atoms with Gasteiger partial charge in [0.15, 0.2) is 0 Å². The number of fused-ring (bicyclic) bond motifs is 1. The summed E-state index contributed by atoms with van der Waals surface area (Å²) in [4.78, 5) is 0. The number of hydrogen-bond donors (Lipinski definition) is 1. The summed E-state index contributed by atoms with van der Waals surface area (Å²) in [5.74, 6) is 0. The van der Waals surface area contributed by atoms with Crippen LogP contribution in [0.5, 0.6) is 0 Å². The Morgan fingerprint density at radius 2 is 2.60 bits per heavy atom. The van der Waals surface area contributed by atoms with Crippen LogP contribution in [0.15, 0.2) is 23.8 Å². The van der Waals surface area contributed by atoms with Crippen LogP contribution in [0.25, 0.3) is 0 Å². The number of rotatable bonds is 0. The number of nitrogens with one attached hydrogen (secondary N) is 1. The third-order valence-electron chi connectivity index (χ3n) is 2.00. The average molecular weight is 135 g/mol. The van der Waals surface area contributed by atoms with Gasteiger partial charge in [0.05, 0.1) is 6.04 Å². The molecular weight excluding hydrogens is 124 g/mol. The molecule has 0 saturated carbocycles. The molecule has 1 unspecified atom stereocenters. The smallest absolute Gasteiger partial charge is 0.0620 e. The molecule has 0 spiro atoms. The highest BCUT2D eigenvalue weighted by Gasteiger charge is 2.16. The predicted molar refractivity (Wildman–Crippen MR) is 40.4 cm³/mol. The molecule has 1 aliphatic heterocycles. The molecule has 1 radical (unpaired) electrons. The van der Waals surface area contributed by atoms with E-state index in [1.54, 1.807) is 0 Å². The Morgan fingerprint density at radius 3 is 3.50 bits per heavy atom. The van der Waals surface area contributed by atoms with E-state index in [0.29, 0.717) is 6.04 Å². The SMILES string of the molecule is C1=CC2N[N]CC=C2CC1. The minimum atomic E-state index is 0.419. The predicted octanol–water partition coefficient (Wildman–Crippen LogP) is 0.754. The molecule has 2 rings (SSSR count). The average Bonchev–Trinajstić information content (AvgIpc) is 2.05. The molecule has 0 fully saturated rings. The van der Waals surface area contributed by atoms with Crippen LogP contribution in [0, 0.1) is 0 Å². The zero-order valence-corrected chi connectivity index (χ0v) is 5.88. The van der Waals surface area contributed by atoms with Gasteiger partial charge in [-0.1, -0.05) is 23.8 Å². The first-order valence-corrected chi connectivity index (χ1v) is 3.74. The molecule has 0 saturated heterocycles. The third kappa shape index (κ3) is 1.00. The van der Waals surface area contributed by atoms with Crippen molar-refractivity contribution in [1.82, 2.24) is 10.9 Å². The lowest BCUT2D eigenvalue weighted by Gasteiger charge is -2.24. The fraction of sp³-hybridized carbons (Fsp3) is 0.500. The molecule has 2 aliphatic rings. The first kappa shape index (κ1) is 6.13. The van der Waals surface area contributed by atoms with Crippen LogP contribution >= 0.6 is 0 Å². The molecule has 0 aromatic heterocycles. The third-order valence-corrected chi connectivity index (χ3v) is 2.00. The van der Waals surface area contributed by atoms with Crippen molar-refractivity contribution in [1.29, 1.82) is 0 Å². The summed E-state index contributed by atoms with van der Waals surface area (Å²) in [5, 5.41) is 0. The molecule has 2 heteroatoms. The van der Waals surface area contributed by atoms with Crippen LogP contribution in [0.3, 0.4) is 0 Å². The quantitative estimate of drug-likeness (QED) is 0.487. The summed E-state index contributed by atoms with van der Waals surface area (Å²) in [5.41, 5.74) is 8.69. The second kappa shape index (κ2) is 2.56. The summed E-state index contributed by atoms with van der Waals surface area (Å²) in [6.45, 7) is 0.847. The Kier molecular flexibility index (Phi) is 1.57. The van der Waals surface area contributed by atoms with E-state index < -0.39 is 0 Å². The van der Waals surface area contributed by atoms with Crippen molar-refractivity contribution in [2.45, 2.75) is 18.9 Å². The van der Waals surface area contributed by atoms with Gasteiger partial charge in [-0.25, -0.2) is 5.43 Å². The van der Waals surface area contributed by atoms with E-state index in [2.05, 4.69) is 29.1 Å². The standard InChI is InChI=1S/C8H11N2/c1-2-4-8-7(3-1)5-6-9-10-8/h2,4-5,8,10H,1,3,6H2. The number of allylic oxidation sites excluding steroid dienone is 1. The largest absolute Gasteiger partial charge is 0.229 e. The van der Waals surface area contributed by atoms with Gasteiger partial charge < -0.3 is 0 Å². The van der Waals surface area contributed by atoms with Gasteiger partial charge in [-0.3, -0.25) is 0 Å². The molecule has 10 heavy (non-hydrogen) atoms. The normalized spacial score (nSPS) is 31.2. The first-order valence-electron chi connectivity index (χ1n) is 3.74. The Bertz CT molecular complexity index is 182. The lowest BCUT2D eigenvalue weighted by atomic mass is 9.95. The van der Waals surface area contributed by atoms with Crippen molar-refractivity contribution in [2.24, 2.45) is 0 Å². The van der Waals surface area contributed by atoms with E-state index in [0.717, 1.165) is 6.54 Å². The van der Waals surface area contributed by atoms with Gasteiger partial charge in [-0.15, -0.1) is 0 Å². The van der Waals surface area contributed by atoms with Gasteiger partial charge in [0.25, 0.3) is 0 Å². The molecular formula is C8H11N2. The van der Waals surface area contributed by atoms with Gasteiger partial charge in [0, 0.05) is 6.54 Å². The molecule has 1 aliphatic carbocycles. The summed E-state index contributed by atoms with van der Waals surface area (Å²) in [7, 11) is 0. The van der Waals surface area contributed by atoms with Crippen LogP contribution < -0.4 is 10.9 Å². The van der Waals surface area contributed by atoms with Crippen LogP contribution in [-0.2, 0) is 0 Å². The Hall–Kier alpha value is -0.600. The summed E-state index contributed by atoms with van der Waals surface area (Å²) >= 11 is 0. The van der Waals surface area contributed by atoms with Gasteiger partial charge in [0.2, 0.25) is 0 Å². The van der Waals surface area contributed by atoms with Crippen molar-refractivity contribution < 1.29 is 0 Å². The maximum Gasteiger partial charge on any atom is 0.0620 e. The summed E-state index contributed by atoms with van der Waals surface area (Å²) in [6.07, 6.45) is 9.05. The highest BCUT2D eigenvalue weighted by molar-refractivity contribution is 5.24. The minimum Gasteiger partial charge on any atom is -0.229 e. The zero-order chi connectivity index (χ0) is 6.81. The summed E-state index contributed by atoms with van der Waals surface area (Å²) in [6, 6.07) is 0.419. The van der Waals surface area contributed by atoms with Crippen molar-refractivity contribution in [2.75, 3.05) is 6.54 Å². The van der Waals surface area contributed by atoms with Crippen LogP contribution in [-0.4, -0.2) is 12.6 Å². The fourth-order valence-corrected chi connectivity index (χ4v) is 1.43. The Balaban J connectivity index is 2.20. The second-order valence-electron chi connectivity index (χ2n) is 2.69. The van der Waals surface area contributed by atoms with Crippen molar-refractivity contribution in [3.05, 3.63) is 23.8 Å². The van der Waals surface area contributed by atoms with E-state index in [4.69, 9.17) is 0 Å². The molecule has 0 amide bonds.